The summed E-state index contributed by atoms with van der Waals surface area (Å²) in [5.41, 5.74) is 0. The Morgan fingerprint density at radius 3 is 2.60 bits per heavy atom. The summed E-state index contributed by atoms with van der Waals surface area (Å²) in [5, 5.41) is 24.4. The van der Waals surface area contributed by atoms with Crippen LogP contribution >= 0.6 is 0 Å². The number of nitrogens with zero attached hydrogens (tertiary/aromatic N) is 3. The largest absolute Gasteiger partial charge is 0.569 e. The molecule has 0 radical (unpaired) electrons. The molecule has 20 heavy (non-hydrogen) atoms. The average Bonchev–Trinajstić information content (AvgIpc) is 2.34. The minimum Gasteiger partial charge on any atom is -0.569 e. The van der Waals surface area contributed by atoms with Gasteiger partial charge < -0.3 is 15.1 Å². The van der Waals surface area contributed by atoms with E-state index in [0.717, 1.165) is 0 Å². The van der Waals surface area contributed by atoms with Gasteiger partial charge in [-0.1, -0.05) is 6.42 Å². The minimum atomic E-state index is -0.937. The smallest absolute Gasteiger partial charge is 0.305 e. The second-order valence-corrected chi connectivity index (χ2v) is 4.20. The Morgan fingerprint density at radius 2 is 2.05 bits per heavy atom. The number of carbonyl (C=O) groups is 2. The molecule has 0 rings (SSSR count). The van der Waals surface area contributed by atoms with Crippen LogP contribution < -0.4 is 0 Å². The van der Waals surface area contributed by atoms with Crippen LogP contribution in [0.4, 0.5) is 0 Å². The normalized spacial score (nSPS) is 12.7. The van der Waals surface area contributed by atoms with Crippen LogP contribution in [0.5, 0.6) is 0 Å². The molecule has 0 saturated carbocycles. The molecule has 0 aliphatic rings. The van der Waals surface area contributed by atoms with Crippen LogP contribution in [0, 0.1) is 5.21 Å². The molecule has 0 aliphatic heterocycles. The Labute approximate surface area is 117 Å². The van der Waals surface area contributed by atoms with Gasteiger partial charge in [-0.3, -0.25) is 14.4 Å². The van der Waals surface area contributed by atoms with Crippen molar-refractivity contribution in [3.8, 4) is 0 Å². The van der Waals surface area contributed by atoms with Crippen molar-refractivity contribution in [3.05, 3.63) is 5.21 Å². The number of carbonyl (C=O) groups excluding carboxylic acids is 1. The van der Waals surface area contributed by atoms with E-state index >= 15 is 0 Å². The summed E-state index contributed by atoms with van der Waals surface area (Å²) in [5.74, 6) is -1.36. The van der Waals surface area contributed by atoms with Crippen LogP contribution in [0.25, 0.3) is 0 Å². The molecule has 0 saturated heterocycles. The lowest BCUT2D eigenvalue weighted by Gasteiger charge is -2.13. The molecule has 1 unspecified atom stereocenters. The third-order valence-corrected chi connectivity index (χ3v) is 2.26. The molecule has 0 heterocycles. The summed E-state index contributed by atoms with van der Waals surface area (Å²) >= 11 is 0. The van der Waals surface area contributed by atoms with Crippen molar-refractivity contribution in [2.75, 3.05) is 13.6 Å². The van der Waals surface area contributed by atoms with Crippen LogP contribution in [-0.2, 0) is 19.2 Å². The van der Waals surface area contributed by atoms with Gasteiger partial charge in [-0.25, -0.2) is 0 Å². The molecule has 116 valence electrons. The van der Waals surface area contributed by atoms with E-state index in [-0.39, 0.29) is 11.4 Å². The van der Waals surface area contributed by atoms with Crippen molar-refractivity contribution in [3.63, 3.8) is 0 Å². The van der Waals surface area contributed by atoms with E-state index in [2.05, 4.69) is 14.9 Å². The van der Waals surface area contributed by atoms with Gasteiger partial charge in [-0.2, -0.15) is 0 Å². The third kappa shape index (κ3) is 9.92. The van der Waals surface area contributed by atoms with Gasteiger partial charge in [0.05, 0.1) is 18.6 Å². The summed E-state index contributed by atoms with van der Waals surface area (Å²) in [6.07, 6.45) is 1.12. The van der Waals surface area contributed by atoms with E-state index < -0.39 is 18.2 Å². The maximum absolute atomic E-state index is 11.4. The molecule has 0 bridgehead atoms. The zero-order valence-corrected chi connectivity index (χ0v) is 11.9. The topological polar surface area (TPSA) is 114 Å². The number of carboxylic acid groups (broad SMARTS) is 1. The maximum Gasteiger partial charge on any atom is 0.305 e. The number of hydrogen-bond donors (Lipinski definition) is 1. The van der Waals surface area contributed by atoms with Gasteiger partial charge in [-0.15, -0.1) is 5.01 Å². The number of carboxylic acids is 1. The quantitative estimate of drug-likeness (QED) is 0.161. The van der Waals surface area contributed by atoms with Crippen LogP contribution in [-0.4, -0.2) is 46.9 Å². The first kappa shape index (κ1) is 17.9. The summed E-state index contributed by atoms with van der Waals surface area (Å²) < 4.78 is 4.62. The fraction of sp³-hybridized carbons (Fsp3) is 0.818. The predicted molar refractivity (Wildman–Crippen MR) is 67.1 cm³/mol. The first-order valence-corrected chi connectivity index (χ1v) is 6.27. The van der Waals surface area contributed by atoms with Crippen LogP contribution in [0.3, 0.4) is 0 Å². The lowest BCUT2D eigenvalue weighted by Crippen LogP contribution is -2.28. The Kier molecular flexibility index (Phi) is 8.80. The van der Waals surface area contributed by atoms with Crippen molar-refractivity contribution < 1.29 is 29.2 Å². The Hall–Kier alpha value is -2.06. The van der Waals surface area contributed by atoms with Crippen LogP contribution in [0.2, 0.25) is 0 Å². The second-order valence-electron chi connectivity index (χ2n) is 4.20. The predicted octanol–water partition coefficient (Wildman–Crippen LogP) is 1.28. The number of esters is 1. The highest BCUT2D eigenvalue weighted by molar-refractivity contribution is 5.66. The van der Waals surface area contributed by atoms with Crippen LogP contribution in [0.15, 0.2) is 5.28 Å². The van der Waals surface area contributed by atoms with E-state index in [1.807, 2.05) is 0 Å². The minimum absolute atomic E-state index is 0.123. The third-order valence-electron chi connectivity index (χ3n) is 2.26. The second kappa shape index (κ2) is 9.82. The molecule has 0 aromatic carbocycles. The van der Waals surface area contributed by atoms with Crippen molar-refractivity contribution >= 4 is 11.9 Å². The van der Waals surface area contributed by atoms with E-state index in [4.69, 9.17) is 5.11 Å². The van der Waals surface area contributed by atoms with Crippen molar-refractivity contribution in [2.45, 2.75) is 45.8 Å². The maximum atomic E-state index is 11.4. The van der Waals surface area contributed by atoms with Gasteiger partial charge in [-0.05, 0) is 12.8 Å². The van der Waals surface area contributed by atoms with E-state index in [1.165, 1.54) is 25.9 Å². The van der Waals surface area contributed by atoms with E-state index in [1.54, 1.807) is 0 Å². The number of hydrazine groups is 1. The molecule has 0 spiro atoms. The lowest BCUT2D eigenvalue weighted by molar-refractivity contribution is -0.707. The molecular formula is C11H21N3O6. The number of rotatable bonds is 10. The highest BCUT2D eigenvalue weighted by Gasteiger charge is 2.10. The molecule has 0 aromatic heterocycles. The standard InChI is InChI=1S/C11H21N3O6/c1-9(15)19-10(2)20-12-14(18)13(3)8-6-4-5-7-11(16)17/h10H,4-8H2,1-3H3,(H,16,17). The molecule has 0 aromatic rings. The Bertz CT molecular complexity index is 347. The van der Waals surface area contributed by atoms with Crippen molar-refractivity contribution in [2.24, 2.45) is 5.28 Å². The fourth-order valence-electron chi connectivity index (χ4n) is 1.30. The monoisotopic (exact) mass is 291 g/mol. The molecule has 0 aliphatic carbocycles. The van der Waals surface area contributed by atoms with Gasteiger partial charge in [0.25, 0.3) is 6.29 Å². The first-order valence-electron chi connectivity index (χ1n) is 6.27. The van der Waals surface area contributed by atoms with Gasteiger partial charge in [0.1, 0.15) is 0 Å². The van der Waals surface area contributed by atoms with E-state index in [9.17, 15) is 14.8 Å². The SMILES string of the molecule is CC(=O)OC(C)ON=[N+]([O-])N(C)CCCCCC(=O)O. The zero-order valence-electron chi connectivity index (χ0n) is 11.9. The van der Waals surface area contributed by atoms with Gasteiger partial charge in [0, 0.05) is 20.3 Å². The van der Waals surface area contributed by atoms with Crippen LogP contribution in [0.1, 0.15) is 39.5 Å². The molecule has 9 heteroatoms. The lowest BCUT2D eigenvalue weighted by atomic mass is 10.2. The van der Waals surface area contributed by atoms with Gasteiger partial charge in [0.2, 0.25) is 5.28 Å². The fourth-order valence-corrected chi connectivity index (χ4v) is 1.30. The van der Waals surface area contributed by atoms with Crippen molar-refractivity contribution in [1.29, 1.82) is 0 Å². The molecule has 9 nitrogen and oxygen atoms in total. The Morgan fingerprint density at radius 1 is 1.40 bits per heavy atom. The molecule has 1 atom stereocenters. The number of unbranched alkanes of at least 4 members (excludes halogenated alkanes) is 2. The van der Waals surface area contributed by atoms with Crippen molar-refractivity contribution in [1.82, 2.24) is 5.01 Å². The number of ether oxygens (including phenoxy) is 1. The number of aliphatic carboxylic acids is 1. The average molecular weight is 291 g/mol. The molecule has 1 N–H and O–H groups in total. The molecule has 0 fully saturated rings. The highest BCUT2D eigenvalue weighted by Crippen LogP contribution is 2.02. The van der Waals surface area contributed by atoms with E-state index in [0.29, 0.717) is 25.8 Å². The summed E-state index contributed by atoms with van der Waals surface area (Å²) in [4.78, 5) is 25.8. The summed E-state index contributed by atoms with van der Waals surface area (Å²) in [7, 11) is 1.52. The van der Waals surface area contributed by atoms with Gasteiger partial charge >= 0.3 is 11.9 Å². The Balaban J connectivity index is 3.86. The summed E-state index contributed by atoms with van der Waals surface area (Å²) in [6, 6.07) is 0. The highest BCUT2D eigenvalue weighted by atomic mass is 16.8. The molecular weight excluding hydrogens is 270 g/mol. The summed E-state index contributed by atoms with van der Waals surface area (Å²) in [6.45, 7) is 3.07. The van der Waals surface area contributed by atoms with Gasteiger partial charge in [0.15, 0.2) is 0 Å². The zero-order chi connectivity index (χ0) is 15.5. The molecule has 0 amide bonds. The first-order chi connectivity index (χ1) is 9.32. The number of hydrogen-bond acceptors (Lipinski definition) is 6.